The predicted molar refractivity (Wildman–Crippen MR) is 151 cm³/mol. The van der Waals surface area contributed by atoms with Crippen LogP contribution >= 0.6 is 0 Å². The van der Waals surface area contributed by atoms with Gasteiger partial charge in [-0.25, -0.2) is 9.37 Å². The largest absolute Gasteiger partial charge is 0.480 e. The monoisotopic (exact) mass is 530 g/mol. The molecule has 3 fully saturated rings. The van der Waals surface area contributed by atoms with Gasteiger partial charge in [-0.3, -0.25) is 9.69 Å². The van der Waals surface area contributed by atoms with Crippen LogP contribution in [-0.2, 0) is 4.79 Å². The topological polar surface area (TPSA) is 61.1 Å². The van der Waals surface area contributed by atoms with Crippen molar-refractivity contribution in [1.29, 1.82) is 0 Å². The van der Waals surface area contributed by atoms with Gasteiger partial charge >= 0.3 is 5.97 Å². The van der Waals surface area contributed by atoms with Crippen LogP contribution in [0.25, 0.3) is 11.7 Å². The first-order valence-corrected chi connectivity index (χ1v) is 14.4. The molecule has 206 valence electrons. The lowest BCUT2D eigenvalue weighted by Gasteiger charge is -2.45. The third-order valence-corrected chi connectivity index (χ3v) is 10.00. The summed E-state index contributed by atoms with van der Waals surface area (Å²) in [5, 5.41) is 10.3. The van der Waals surface area contributed by atoms with Crippen molar-refractivity contribution in [2.75, 3.05) is 32.7 Å². The van der Waals surface area contributed by atoms with E-state index < -0.39 is 11.5 Å². The fourth-order valence-corrected chi connectivity index (χ4v) is 7.27. The summed E-state index contributed by atoms with van der Waals surface area (Å²) in [4.78, 5) is 22.0. The van der Waals surface area contributed by atoms with Crippen molar-refractivity contribution >= 4 is 17.7 Å². The first kappa shape index (κ1) is 26.2. The van der Waals surface area contributed by atoms with Crippen molar-refractivity contribution in [1.82, 2.24) is 19.2 Å². The van der Waals surface area contributed by atoms with Crippen LogP contribution in [0.1, 0.15) is 67.7 Å². The molecule has 3 aromatic rings. The summed E-state index contributed by atoms with van der Waals surface area (Å²) in [5.74, 6) is 0.0628. The molecular weight excluding hydrogens is 491 g/mol. The quantitative estimate of drug-likeness (QED) is 0.408. The van der Waals surface area contributed by atoms with Gasteiger partial charge in [0.05, 0.1) is 0 Å². The summed E-state index contributed by atoms with van der Waals surface area (Å²) < 4.78 is 16.5. The average Bonchev–Trinajstić information content (AvgIpc) is 3.52. The molecule has 4 heterocycles. The number of imidazole rings is 1. The molecule has 3 aliphatic rings. The number of aliphatic carboxylic acids is 1. The number of likely N-dealkylation sites (tertiary alicyclic amines) is 2. The standard InChI is InChI=1S/C32H39FN4O2/c1-3-22-10-11-30-34-17-29(37(30)18-22)23-12-14-35(15-13-23)19-25-20-36(32(2,31(38)39)26-7-5-8-26)21-28(25)24-6-4-9-27(33)16-24/h3-4,6,9-11,16-18,23,25-26,28H,1,5,7-8,12-15,19-21H2,2H3,(H,38,39)/t25-,28+,32+/m0/s1. The van der Waals surface area contributed by atoms with Crippen LogP contribution in [0.4, 0.5) is 4.39 Å². The Morgan fingerprint density at radius 1 is 1.18 bits per heavy atom. The normalized spacial score (nSPS) is 25.0. The van der Waals surface area contributed by atoms with Crippen molar-refractivity contribution in [2.45, 2.75) is 56.4 Å². The number of carboxylic acids is 1. The number of hydrogen-bond acceptors (Lipinski definition) is 4. The number of fused-ring (bicyclic) bond motifs is 1. The van der Waals surface area contributed by atoms with Crippen LogP contribution in [-0.4, -0.2) is 68.5 Å². The van der Waals surface area contributed by atoms with Gasteiger partial charge in [0.1, 0.15) is 17.0 Å². The van der Waals surface area contributed by atoms with E-state index >= 15 is 0 Å². The minimum atomic E-state index is -0.862. The maximum Gasteiger partial charge on any atom is 0.324 e. The highest BCUT2D eigenvalue weighted by Gasteiger charge is 2.52. The molecule has 6 nitrogen and oxygen atoms in total. The summed E-state index contributed by atoms with van der Waals surface area (Å²) in [6, 6.07) is 11.0. The zero-order valence-corrected chi connectivity index (χ0v) is 22.8. The maximum atomic E-state index is 14.3. The highest BCUT2D eigenvalue weighted by Crippen LogP contribution is 2.45. The summed E-state index contributed by atoms with van der Waals surface area (Å²) in [5.41, 5.74) is 3.44. The van der Waals surface area contributed by atoms with E-state index in [1.54, 1.807) is 12.1 Å². The van der Waals surface area contributed by atoms with E-state index in [0.29, 0.717) is 12.5 Å². The molecule has 1 saturated carbocycles. The number of carbonyl (C=O) groups is 1. The second kappa shape index (κ2) is 10.5. The van der Waals surface area contributed by atoms with E-state index in [1.807, 2.05) is 37.4 Å². The minimum absolute atomic E-state index is 0.119. The van der Waals surface area contributed by atoms with Crippen LogP contribution in [0.5, 0.6) is 0 Å². The van der Waals surface area contributed by atoms with E-state index in [1.165, 1.54) is 11.8 Å². The molecule has 2 aromatic heterocycles. The van der Waals surface area contributed by atoms with Crippen LogP contribution in [0.2, 0.25) is 0 Å². The van der Waals surface area contributed by atoms with Gasteiger partial charge in [-0.2, -0.15) is 0 Å². The highest BCUT2D eigenvalue weighted by atomic mass is 19.1. The smallest absolute Gasteiger partial charge is 0.324 e. The van der Waals surface area contributed by atoms with E-state index in [4.69, 9.17) is 0 Å². The van der Waals surface area contributed by atoms with E-state index in [-0.39, 0.29) is 23.6 Å². The fourth-order valence-electron chi connectivity index (χ4n) is 7.27. The van der Waals surface area contributed by atoms with Gasteiger partial charge in [0.25, 0.3) is 0 Å². The lowest BCUT2D eigenvalue weighted by atomic mass is 9.70. The van der Waals surface area contributed by atoms with Gasteiger partial charge in [0.2, 0.25) is 0 Å². The molecule has 1 N–H and O–H groups in total. The number of hydrogen-bond donors (Lipinski definition) is 1. The van der Waals surface area contributed by atoms with Gasteiger partial charge in [-0.1, -0.05) is 31.2 Å². The molecule has 0 spiro atoms. The summed E-state index contributed by atoms with van der Waals surface area (Å²) >= 11 is 0. The van der Waals surface area contributed by atoms with Crippen molar-refractivity contribution < 1.29 is 14.3 Å². The summed E-state index contributed by atoms with van der Waals surface area (Å²) in [7, 11) is 0. The van der Waals surface area contributed by atoms with Crippen LogP contribution < -0.4 is 0 Å². The maximum absolute atomic E-state index is 14.3. The number of pyridine rings is 1. The number of carboxylic acid groups (broad SMARTS) is 1. The number of aromatic nitrogens is 2. The molecule has 3 atom stereocenters. The Bertz CT molecular complexity index is 1360. The van der Waals surface area contributed by atoms with Gasteiger partial charge in [-0.05, 0) is 92.9 Å². The van der Waals surface area contributed by atoms with Crippen LogP contribution in [0.15, 0.2) is 55.4 Å². The minimum Gasteiger partial charge on any atom is -0.480 e. The van der Waals surface area contributed by atoms with Crippen molar-refractivity contribution in [3.05, 3.63) is 78.0 Å². The van der Waals surface area contributed by atoms with Crippen LogP contribution in [0.3, 0.4) is 0 Å². The Morgan fingerprint density at radius 3 is 2.64 bits per heavy atom. The predicted octanol–water partition coefficient (Wildman–Crippen LogP) is 5.65. The molecule has 0 amide bonds. The van der Waals surface area contributed by atoms with Crippen molar-refractivity contribution in [2.24, 2.45) is 11.8 Å². The molecule has 0 bridgehead atoms. The molecule has 2 aliphatic heterocycles. The molecule has 7 heteroatoms. The zero-order chi connectivity index (χ0) is 27.1. The molecular formula is C32H39FN4O2. The third-order valence-electron chi connectivity index (χ3n) is 10.00. The number of benzene rings is 1. The second-order valence-corrected chi connectivity index (χ2v) is 12.1. The zero-order valence-electron chi connectivity index (χ0n) is 22.8. The Labute approximate surface area is 230 Å². The van der Waals surface area contributed by atoms with E-state index in [9.17, 15) is 14.3 Å². The summed E-state index contributed by atoms with van der Waals surface area (Å²) in [6.07, 6.45) is 11.2. The average molecular weight is 531 g/mol. The second-order valence-electron chi connectivity index (χ2n) is 12.1. The Hall–Kier alpha value is -3.03. The van der Waals surface area contributed by atoms with E-state index in [0.717, 1.165) is 75.1 Å². The Morgan fingerprint density at radius 2 is 1.97 bits per heavy atom. The van der Waals surface area contributed by atoms with Gasteiger partial charge < -0.3 is 14.4 Å². The van der Waals surface area contributed by atoms with Gasteiger partial charge in [-0.15, -0.1) is 0 Å². The fraction of sp³-hybridized carbons (Fsp3) is 0.500. The number of halogens is 1. The molecule has 0 unspecified atom stereocenters. The lowest BCUT2D eigenvalue weighted by molar-refractivity contribution is -0.156. The van der Waals surface area contributed by atoms with Gasteiger partial charge in [0.15, 0.2) is 0 Å². The number of rotatable bonds is 8. The molecule has 1 aromatic carbocycles. The summed E-state index contributed by atoms with van der Waals surface area (Å²) in [6.45, 7) is 10.1. The first-order chi connectivity index (χ1) is 18.9. The lowest BCUT2D eigenvalue weighted by Crippen LogP contribution is -2.58. The third kappa shape index (κ3) is 4.80. The molecule has 2 saturated heterocycles. The SMILES string of the molecule is C=Cc1ccc2ncc(C3CCN(C[C@H]4CN([C@@](C)(C(=O)O)C5CCC5)C[C@@H]4c4cccc(F)c4)CC3)n2c1. The molecule has 39 heavy (non-hydrogen) atoms. The Balaban J connectivity index is 1.18. The van der Waals surface area contributed by atoms with Gasteiger partial charge in [0, 0.05) is 49.6 Å². The number of nitrogens with zero attached hydrogens (tertiary/aromatic N) is 4. The van der Waals surface area contributed by atoms with E-state index in [2.05, 4.69) is 32.0 Å². The van der Waals surface area contributed by atoms with Crippen LogP contribution in [0, 0.1) is 17.7 Å². The molecule has 1 aliphatic carbocycles. The number of piperidine rings is 1. The van der Waals surface area contributed by atoms with Crippen molar-refractivity contribution in [3.63, 3.8) is 0 Å². The molecule has 0 radical (unpaired) electrons. The molecule has 6 rings (SSSR count). The first-order valence-electron chi connectivity index (χ1n) is 14.4. The Kier molecular flexibility index (Phi) is 7.06. The van der Waals surface area contributed by atoms with Crippen molar-refractivity contribution in [3.8, 4) is 0 Å². The highest BCUT2D eigenvalue weighted by molar-refractivity contribution is 5.79.